The summed E-state index contributed by atoms with van der Waals surface area (Å²) in [4.78, 5) is 0. The number of hydrogen-bond acceptors (Lipinski definition) is 6. The molecule has 3 aromatic carbocycles. The van der Waals surface area contributed by atoms with Gasteiger partial charge in [-0.05, 0) is 74.9 Å². The van der Waals surface area contributed by atoms with Gasteiger partial charge in [-0.3, -0.25) is 0 Å². The lowest BCUT2D eigenvalue weighted by Crippen LogP contribution is -2.29. The van der Waals surface area contributed by atoms with Crippen LogP contribution in [0.5, 0.6) is 34.5 Å². The van der Waals surface area contributed by atoms with Crippen LogP contribution < -0.4 is 44.3 Å². The molecule has 43 heavy (non-hydrogen) atoms. The highest BCUT2D eigenvalue weighted by Crippen LogP contribution is 2.50. The van der Waals surface area contributed by atoms with E-state index < -0.39 is 7.92 Å². The topological polar surface area (TPSA) is 55.4 Å². The second-order valence-electron chi connectivity index (χ2n) is 10.2. The fraction of sp³-hybridized carbons (Fsp3) is 0.500. The summed E-state index contributed by atoms with van der Waals surface area (Å²) >= 11 is 0. The highest BCUT2D eigenvalue weighted by molar-refractivity contribution is 7.81. The first kappa shape index (κ1) is 34.4. The van der Waals surface area contributed by atoms with Gasteiger partial charge < -0.3 is 28.4 Å². The lowest BCUT2D eigenvalue weighted by molar-refractivity contribution is 0.304. The minimum Gasteiger partial charge on any atom is -0.493 e. The van der Waals surface area contributed by atoms with Gasteiger partial charge in [0, 0.05) is 7.92 Å². The maximum atomic E-state index is 6.49. The summed E-state index contributed by atoms with van der Waals surface area (Å²) in [6.07, 6.45) is 5.33. The Hall–Kier alpha value is -3.11. The van der Waals surface area contributed by atoms with Gasteiger partial charge in [-0.2, -0.15) is 0 Å². The molecular formula is C36H51O6P. The van der Waals surface area contributed by atoms with Gasteiger partial charge in [-0.25, -0.2) is 0 Å². The summed E-state index contributed by atoms with van der Waals surface area (Å²) in [5.74, 6) is 4.75. The Morgan fingerprint density at radius 2 is 0.535 bits per heavy atom. The molecule has 0 bridgehead atoms. The first-order valence-corrected chi connectivity index (χ1v) is 17.4. The average molecular weight is 611 g/mol. The van der Waals surface area contributed by atoms with Gasteiger partial charge in [0.15, 0.2) is 0 Å². The lowest BCUT2D eigenvalue weighted by Gasteiger charge is -2.30. The molecule has 0 aliphatic carbocycles. The molecule has 3 rings (SSSR count). The van der Waals surface area contributed by atoms with Crippen molar-refractivity contribution in [1.29, 1.82) is 0 Å². The second kappa shape index (κ2) is 19.2. The number of rotatable bonds is 21. The molecule has 0 fully saturated rings. The normalized spacial score (nSPS) is 11.0. The van der Waals surface area contributed by atoms with Crippen molar-refractivity contribution in [2.45, 2.75) is 80.1 Å². The van der Waals surface area contributed by atoms with E-state index in [4.69, 9.17) is 28.4 Å². The van der Waals surface area contributed by atoms with E-state index in [1.807, 2.05) is 54.6 Å². The Morgan fingerprint density at radius 1 is 0.349 bits per heavy atom. The largest absolute Gasteiger partial charge is 0.493 e. The molecule has 0 saturated heterocycles. The van der Waals surface area contributed by atoms with E-state index in [0.29, 0.717) is 39.6 Å². The Labute approximate surface area is 260 Å². The van der Waals surface area contributed by atoms with Gasteiger partial charge in [-0.1, -0.05) is 59.7 Å². The molecule has 0 N–H and O–H groups in total. The van der Waals surface area contributed by atoms with Crippen molar-refractivity contribution >= 4 is 23.8 Å². The van der Waals surface area contributed by atoms with Crippen molar-refractivity contribution < 1.29 is 28.4 Å². The van der Waals surface area contributed by atoms with Crippen LogP contribution in [0.1, 0.15) is 80.1 Å². The molecule has 0 aliphatic rings. The van der Waals surface area contributed by atoms with Crippen molar-refractivity contribution in [3.8, 4) is 34.5 Å². The van der Waals surface area contributed by atoms with Crippen LogP contribution in [-0.2, 0) is 0 Å². The molecular weight excluding hydrogens is 559 g/mol. The molecule has 236 valence electrons. The molecule has 6 nitrogen and oxygen atoms in total. The van der Waals surface area contributed by atoms with Crippen LogP contribution in [-0.4, -0.2) is 39.6 Å². The summed E-state index contributed by atoms with van der Waals surface area (Å²) in [5, 5.41) is 2.92. The SMILES string of the molecule is CCCOc1cccc(OCCC)c1P(c1c(OCCC)cccc1OCCC)c1c(OCCC)cccc1OCCC. The molecule has 0 amide bonds. The van der Waals surface area contributed by atoms with E-state index in [9.17, 15) is 0 Å². The maximum absolute atomic E-state index is 6.49. The fourth-order valence-corrected chi connectivity index (χ4v) is 7.30. The zero-order valence-corrected chi connectivity index (χ0v) is 28.0. The summed E-state index contributed by atoms with van der Waals surface area (Å²) < 4.78 is 38.9. The third kappa shape index (κ3) is 9.44. The Morgan fingerprint density at radius 3 is 0.698 bits per heavy atom. The minimum atomic E-state index is -1.42. The van der Waals surface area contributed by atoms with Gasteiger partial charge in [0.05, 0.1) is 55.6 Å². The van der Waals surface area contributed by atoms with Crippen molar-refractivity contribution in [2.24, 2.45) is 0 Å². The van der Waals surface area contributed by atoms with Crippen molar-refractivity contribution in [1.82, 2.24) is 0 Å². The molecule has 3 aromatic rings. The highest BCUT2D eigenvalue weighted by Gasteiger charge is 2.35. The van der Waals surface area contributed by atoms with E-state index in [2.05, 4.69) is 41.5 Å². The quantitative estimate of drug-likeness (QED) is 0.113. The minimum absolute atomic E-state index is 0.591. The van der Waals surface area contributed by atoms with E-state index in [0.717, 1.165) is 88.9 Å². The van der Waals surface area contributed by atoms with Crippen molar-refractivity contribution in [3.63, 3.8) is 0 Å². The van der Waals surface area contributed by atoms with Crippen molar-refractivity contribution in [2.75, 3.05) is 39.6 Å². The van der Waals surface area contributed by atoms with Gasteiger partial charge in [0.1, 0.15) is 34.5 Å². The molecule has 0 aliphatic heterocycles. The van der Waals surface area contributed by atoms with Crippen LogP contribution in [0.15, 0.2) is 54.6 Å². The van der Waals surface area contributed by atoms with Crippen LogP contribution in [0.2, 0.25) is 0 Å². The fourth-order valence-electron chi connectivity index (χ4n) is 4.47. The van der Waals surface area contributed by atoms with Crippen LogP contribution in [0.25, 0.3) is 0 Å². The van der Waals surface area contributed by atoms with E-state index in [1.165, 1.54) is 0 Å². The molecule has 0 heterocycles. The average Bonchev–Trinajstić information content (AvgIpc) is 3.04. The van der Waals surface area contributed by atoms with E-state index in [-0.39, 0.29) is 0 Å². The summed E-state index contributed by atoms with van der Waals surface area (Å²) in [6.45, 7) is 16.3. The molecule has 0 radical (unpaired) electrons. The molecule has 0 unspecified atom stereocenters. The van der Waals surface area contributed by atoms with Gasteiger partial charge in [-0.15, -0.1) is 0 Å². The molecule has 7 heteroatoms. The van der Waals surface area contributed by atoms with Crippen LogP contribution in [0.4, 0.5) is 0 Å². The lowest BCUT2D eigenvalue weighted by atomic mass is 10.3. The highest BCUT2D eigenvalue weighted by atomic mass is 31.1. The van der Waals surface area contributed by atoms with Crippen LogP contribution >= 0.6 is 7.92 Å². The summed E-state index contributed by atoms with van der Waals surface area (Å²) in [6, 6.07) is 18.3. The number of benzene rings is 3. The third-order valence-electron chi connectivity index (χ3n) is 6.33. The Balaban J connectivity index is 2.50. The zero-order chi connectivity index (χ0) is 30.9. The summed E-state index contributed by atoms with van der Waals surface area (Å²) in [5.41, 5.74) is 0. The monoisotopic (exact) mass is 610 g/mol. The van der Waals surface area contributed by atoms with Crippen molar-refractivity contribution in [3.05, 3.63) is 54.6 Å². The van der Waals surface area contributed by atoms with E-state index in [1.54, 1.807) is 0 Å². The number of ether oxygens (including phenoxy) is 6. The smallest absolute Gasteiger partial charge is 0.131 e. The van der Waals surface area contributed by atoms with Gasteiger partial charge in [0.25, 0.3) is 0 Å². The molecule has 0 spiro atoms. The second-order valence-corrected chi connectivity index (χ2v) is 12.2. The van der Waals surface area contributed by atoms with Crippen LogP contribution in [0.3, 0.4) is 0 Å². The van der Waals surface area contributed by atoms with Crippen LogP contribution in [0, 0.1) is 0 Å². The predicted molar refractivity (Wildman–Crippen MR) is 180 cm³/mol. The maximum Gasteiger partial charge on any atom is 0.131 e. The summed E-state index contributed by atoms with van der Waals surface area (Å²) in [7, 11) is -1.42. The molecule has 0 saturated carbocycles. The van der Waals surface area contributed by atoms with Gasteiger partial charge >= 0.3 is 0 Å². The Kier molecular flexibility index (Phi) is 15.4. The van der Waals surface area contributed by atoms with E-state index >= 15 is 0 Å². The van der Waals surface area contributed by atoms with Gasteiger partial charge in [0.2, 0.25) is 0 Å². The third-order valence-corrected chi connectivity index (χ3v) is 8.99. The standard InChI is InChI=1S/C36H51O6P/c1-7-22-37-28-16-13-17-29(38-23-8-2)34(28)43(35-30(39-24-9-3)18-14-19-31(35)40-25-10-4)36-32(41-26-11-5)20-15-21-33(36)42-27-12-6/h13-21H,7-12,22-27H2,1-6H3. The zero-order valence-electron chi connectivity index (χ0n) is 27.1. The first-order chi connectivity index (χ1) is 21.1. The number of hydrogen-bond donors (Lipinski definition) is 0. The Bertz CT molecular complexity index is 1000. The first-order valence-electron chi connectivity index (χ1n) is 16.1. The predicted octanol–water partition coefficient (Wildman–Crippen LogP) is 8.18. The molecule has 0 atom stereocenters. The molecule has 0 aromatic heterocycles.